The van der Waals surface area contributed by atoms with Crippen LogP contribution in [0.3, 0.4) is 0 Å². The molecular weight excluding hydrogens is 252 g/mol. The Hall–Kier alpha value is -1.65. The summed E-state index contributed by atoms with van der Waals surface area (Å²) in [5, 5.41) is 14.6. The van der Waals surface area contributed by atoms with Gasteiger partial charge in [-0.25, -0.2) is 0 Å². The highest BCUT2D eigenvalue weighted by Gasteiger charge is 2.21. The second-order valence-corrected chi connectivity index (χ2v) is 4.84. The molecule has 2 rings (SSSR count). The van der Waals surface area contributed by atoms with Gasteiger partial charge in [0.2, 0.25) is 0 Å². The van der Waals surface area contributed by atoms with E-state index in [9.17, 15) is 5.11 Å². The lowest BCUT2D eigenvalue weighted by molar-refractivity contribution is -0.0377. The molecule has 0 aliphatic rings. The number of aliphatic hydroxyl groups is 1. The molecule has 0 amide bonds. The van der Waals surface area contributed by atoms with Crippen LogP contribution in [0.5, 0.6) is 0 Å². The van der Waals surface area contributed by atoms with Gasteiger partial charge in [0.05, 0.1) is 6.10 Å². The fourth-order valence-electron chi connectivity index (χ4n) is 2.35. The third kappa shape index (κ3) is 3.68. The number of rotatable bonds is 7. The van der Waals surface area contributed by atoms with Gasteiger partial charge in [0.1, 0.15) is 6.10 Å². The van der Waals surface area contributed by atoms with Crippen LogP contribution in [0.15, 0.2) is 42.6 Å². The zero-order chi connectivity index (χ0) is 14.4. The van der Waals surface area contributed by atoms with Crippen molar-refractivity contribution in [2.75, 3.05) is 6.61 Å². The first-order valence-corrected chi connectivity index (χ1v) is 7.04. The Morgan fingerprint density at radius 2 is 2.00 bits per heavy atom. The van der Waals surface area contributed by atoms with E-state index in [1.54, 1.807) is 6.20 Å². The summed E-state index contributed by atoms with van der Waals surface area (Å²) in [5.41, 5.74) is 2.14. The summed E-state index contributed by atoms with van der Waals surface area (Å²) >= 11 is 0. The number of ether oxygens (including phenoxy) is 1. The Labute approximate surface area is 120 Å². The second kappa shape index (κ2) is 7.22. The van der Waals surface area contributed by atoms with Gasteiger partial charge in [-0.05, 0) is 31.4 Å². The third-order valence-electron chi connectivity index (χ3n) is 3.44. The molecule has 2 aromatic rings. The van der Waals surface area contributed by atoms with Gasteiger partial charge in [0.15, 0.2) is 0 Å². The summed E-state index contributed by atoms with van der Waals surface area (Å²) in [6.45, 7) is 2.53. The third-order valence-corrected chi connectivity index (χ3v) is 3.44. The van der Waals surface area contributed by atoms with Gasteiger partial charge in [-0.1, -0.05) is 30.3 Å². The SMILES string of the molecule is CCOC(c1ccccc1)C(O)CCc1ccnn1C. The topological polar surface area (TPSA) is 47.3 Å². The highest BCUT2D eigenvalue weighted by Crippen LogP contribution is 2.24. The molecule has 2 unspecified atom stereocenters. The van der Waals surface area contributed by atoms with Crippen molar-refractivity contribution < 1.29 is 9.84 Å². The maximum Gasteiger partial charge on any atom is 0.108 e. The van der Waals surface area contributed by atoms with Crippen molar-refractivity contribution in [3.8, 4) is 0 Å². The van der Waals surface area contributed by atoms with Gasteiger partial charge in [-0.3, -0.25) is 4.68 Å². The van der Waals surface area contributed by atoms with Crippen molar-refractivity contribution in [1.82, 2.24) is 9.78 Å². The van der Waals surface area contributed by atoms with Crippen LogP contribution < -0.4 is 0 Å². The summed E-state index contributed by atoms with van der Waals surface area (Å²) in [5.74, 6) is 0. The molecule has 0 aliphatic carbocycles. The Balaban J connectivity index is 2.00. The molecule has 1 N–H and O–H groups in total. The molecule has 0 aliphatic heterocycles. The van der Waals surface area contributed by atoms with Gasteiger partial charge in [-0.15, -0.1) is 0 Å². The Morgan fingerprint density at radius 1 is 1.25 bits per heavy atom. The number of aliphatic hydroxyl groups excluding tert-OH is 1. The summed E-state index contributed by atoms with van der Waals surface area (Å²) in [7, 11) is 1.92. The van der Waals surface area contributed by atoms with Crippen molar-refractivity contribution in [3.63, 3.8) is 0 Å². The van der Waals surface area contributed by atoms with E-state index in [0.29, 0.717) is 13.0 Å². The molecule has 1 aromatic carbocycles. The van der Waals surface area contributed by atoms with Crippen LogP contribution in [0.4, 0.5) is 0 Å². The highest BCUT2D eigenvalue weighted by molar-refractivity contribution is 5.18. The first-order valence-electron chi connectivity index (χ1n) is 7.04. The van der Waals surface area contributed by atoms with Crippen LogP contribution in [0.2, 0.25) is 0 Å². The molecule has 1 aromatic heterocycles. The van der Waals surface area contributed by atoms with Crippen molar-refractivity contribution in [1.29, 1.82) is 0 Å². The minimum Gasteiger partial charge on any atom is -0.390 e. The molecule has 0 bridgehead atoms. The molecule has 4 nitrogen and oxygen atoms in total. The lowest BCUT2D eigenvalue weighted by Crippen LogP contribution is -2.22. The summed E-state index contributed by atoms with van der Waals surface area (Å²) < 4.78 is 7.56. The first-order chi connectivity index (χ1) is 9.72. The summed E-state index contributed by atoms with van der Waals surface area (Å²) in [6, 6.07) is 11.9. The van der Waals surface area contributed by atoms with Gasteiger partial charge >= 0.3 is 0 Å². The van der Waals surface area contributed by atoms with Crippen molar-refractivity contribution in [3.05, 3.63) is 53.9 Å². The zero-order valence-electron chi connectivity index (χ0n) is 12.1. The van der Waals surface area contributed by atoms with Crippen LogP contribution in [0, 0.1) is 0 Å². The van der Waals surface area contributed by atoms with E-state index in [4.69, 9.17) is 4.74 Å². The van der Waals surface area contributed by atoms with Gasteiger partial charge in [0.25, 0.3) is 0 Å². The molecule has 1 heterocycles. The normalized spacial score (nSPS) is 14.2. The largest absolute Gasteiger partial charge is 0.390 e. The van der Waals surface area contributed by atoms with Crippen LogP contribution in [0.25, 0.3) is 0 Å². The van der Waals surface area contributed by atoms with Crippen molar-refractivity contribution in [2.24, 2.45) is 7.05 Å². The predicted octanol–water partition coefficient (Wildman–Crippen LogP) is 2.49. The van der Waals surface area contributed by atoms with E-state index in [2.05, 4.69) is 5.10 Å². The zero-order valence-corrected chi connectivity index (χ0v) is 12.1. The Bertz CT molecular complexity index is 510. The lowest BCUT2D eigenvalue weighted by atomic mass is 10.00. The number of aryl methyl sites for hydroxylation is 2. The summed E-state index contributed by atoms with van der Waals surface area (Å²) in [6.07, 6.45) is 2.42. The number of benzene rings is 1. The maximum atomic E-state index is 10.4. The van der Waals surface area contributed by atoms with E-state index in [1.165, 1.54) is 0 Å². The smallest absolute Gasteiger partial charge is 0.108 e. The molecule has 4 heteroatoms. The Kier molecular flexibility index (Phi) is 5.32. The maximum absolute atomic E-state index is 10.4. The van der Waals surface area contributed by atoms with Crippen molar-refractivity contribution in [2.45, 2.75) is 32.0 Å². The van der Waals surface area contributed by atoms with Crippen LogP contribution in [-0.4, -0.2) is 27.6 Å². The molecule has 0 fully saturated rings. The van der Waals surface area contributed by atoms with E-state index < -0.39 is 6.10 Å². The average molecular weight is 274 g/mol. The predicted molar refractivity (Wildman–Crippen MR) is 78.3 cm³/mol. The number of hydrogen-bond acceptors (Lipinski definition) is 3. The minimum atomic E-state index is -0.521. The molecule has 0 spiro atoms. The average Bonchev–Trinajstić information content (AvgIpc) is 2.88. The molecule has 2 atom stereocenters. The highest BCUT2D eigenvalue weighted by atomic mass is 16.5. The van der Waals surface area contributed by atoms with E-state index in [-0.39, 0.29) is 6.10 Å². The van der Waals surface area contributed by atoms with E-state index >= 15 is 0 Å². The minimum absolute atomic E-state index is 0.269. The monoisotopic (exact) mass is 274 g/mol. The second-order valence-electron chi connectivity index (χ2n) is 4.84. The van der Waals surface area contributed by atoms with Gasteiger partial charge in [-0.2, -0.15) is 5.10 Å². The quantitative estimate of drug-likeness (QED) is 0.844. The molecule has 108 valence electrons. The molecule has 0 saturated heterocycles. The van der Waals surface area contributed by atoms with Gasteiger partial charge in [0, 0.05) is 25.5 Å². The van der Waals surface area contributed by atoms with Crippen LogP contribution in [0.1, 0.15) is 30.7 Å². The van der Waals surface area contributed by atoms with Gasteiger partial charge < -0.3 is 9.84 Å². The standard InChI is InChI=1S/C16H22N2O2/c1-3-20-16(13-7-5-4-6-8-13)15(19)10-9-14-11-12-17-18(14)2/h4-8,11-12,15-16,19H,3,9-10H2,1-2H3. The number of aromatic nitrogens is 2. The van der Waals surface area contributed by atoms with Crippen LogP contribution in [-0.2, 0) is 18.2 Å². The Morgan fingerprint density at radius 3 is 2.60 bits per heavy atom. The molecular formula is C16H22N2O2. The molecule has 0 saturated carbocycles. The fraction of sp³-hybridized carbons (Fsp3) is 0.438. The van der Waals surface area contributed by atoms with Crippen LogP contribution >= 0.6 is 0 Å². The lowest BCUT2D eigenvalue weighted by Gasteiger charge is -2.23. The van der Waals surface area contributed by atoms with E-state index in [0.717, 1.165) is 17.7 Å². The fourth-order valence-corrected chi connectivity index (χ4v) is 2.35. The number of hydrogen-bond donors (Lipinski definition) is 1. The number of nitrogens with zero attached hydrogens (tertiary/aromatic N) is 2. The van der Waals surface area contributed by atoms with Crippen molar-refractivity contribution >= 4 is 0 Å². The molecule has 0 radical (unpaired) electrons. The first kappa shape index (κ1) is 14.8. The van der Waals surface area contributed by atoms with E-state index in [1.807, 2.05) is 55.1 Å². The molecule has 20 heavy (non-hydrogen) atoms. The summed E-state index contributed by atoms with van der Waals surface area (Å²) in [4.78, 5) is 0.